The third-order valence-electron chi connectivity index (χ3n) is 4.23. The zero-order valence-electron chi connectivity index (χ0n) is 15.5. The Bertz CT molecular complexity index is 743. The Morgan fingerprint density at radius 2 is 1.88 bits per heavy atom. The molecule has 2 rings (SSSR count). The minimum absolute atomic E-state index is 0.642. The fourth-order valence-electron chi connectivity index (χ4n) is 2.66. The summed E-state index contributed by atoms with van der Waals surface area (Å²) in [5.74, 6) is 1.47. The van der Waals surface area contributed by atoms with Gasteiger partial charge >= 0.3 is 0 Å². The fraction of sp³-hybridized carbons (Fsp3) is 0.444. The summed E-state index contributed by atoms with van der Waals surface area (Å²) >= 11 is 5.36. The van der Waals surface area contributed by atoms with Crippen LogP contribution in [0.15, 0.2) is 18.2 Å². The zero-order chi connectivity index (χ0) is 18.4. The van der Waals surface area contributed by atoms with Gasteiger partial charge in [-0.1, -0.05) is 6.07 Å². The predicted octanol–water partition coefficient (Wildman–Crippen LogP) is 2.26. The first kappa shape index (κ1) is 19.1. The molecular weight excluding hydrogens is 336 g/mol. The highest BCUT2D eigenvalue weighted by Gasteiger charge is 2.09. The maximum Gasteiger partial charge on any atom is 0.166 e. The summed E-state index contributed by atoms with van der Waals surface area (Å²) in [5.41, 5.74) is 4.53. The van der Waals surface area contributed by atoms with Crippen LogP contribution >= 0.6 is 12.2 Å². The number of rotatable bonds is 7. The summed E-state index contributed by atoms with van der Waals surface area (Å²) in [6, 6.07) is 5.93. The van der Waals surface area contributed by atoms with Crippen LogP contribution in [-0.4, -0.2) is 35.7 Å². The molecule has 136 valence electrons. The number of aryl methyl sites for hydroxylation is 2. The van der Waals surface area contributed by atoms with Crippen LogP contribution in [0, 0.1) is 13.8 Å². The van der Waals surface area contributed by atoms with Crippen LogP contribution in [0.1, 0.15) is 22.5 Å². The Hall–Kier alpha value is -2.28. The van der Waals surface area contributed by atoms with Crippen molar-refractivity contribution in [1.29, 1.82) is 0 Å². The maximum atomic E-state index is 5.36. The van der Waals surface area contributed by atoms with Crippen molar-refractivity contribution < 1.29 is 9.47 Å². The van der Waals surface area contributed by atoms with Crippen molar-refractivity contribution in [1.82, 2.24) is 20.4 Å². The highest BCUT2D eigenvalue weighted by atomic mass is 32.1. The SMILES string of the molecule is COc1ccc(CCNC(=S)NCc2c(C)nn(C)c2C)cc1OC. The molecular formula is C18H26N4O2S. The van der Waals surface area contributed by atoms with Crippen molar-refractivity contribution in [3.63, 3.8) is 0 Å². The van der Waals surface area contributed by atoms with E-state index in [1.165, 1.54) is 5.56 Å². The van der Waals surface area contributed by atoms with Gasteiger partial charge in [-0.15, -0.1) is 0 Å². The number of ether oxygens (including phenoxy) is 2. The van der Waals surface area contributed by atoms with Gasteiger partial charge in [0.1, 0.15) is 0 Å². The highest BCUT2D eigenvalue weighted by molar-refractivity contribution is 7.80. The molecule has 1 aromatic heterocycles. The average molecular weight is 362 g/mol. The minimum atomic E-state index is 0.642. The molecule has 0 bridgehead atoms. The van der Waals surface area contributed by atoms with Crippen molar-refractivity contribution in [2.75, 3.05) is 20.8 Å². The van der Waals surface area contributed by atoms with Crippen LogP contribution in [0.2, 0.25) is 0 Å². The van der Waals surface area contributed by atoms with Crippen molar-refractivity contribution in [3.05, 3.63) is 40.7 Å². The van der Waals surface area contributed by atoms with Crippen LogP contribution in [0.5, 0.6) is 11.5 Å². The van der Waals surface area contributed by atoms with E-state index < -0.39 is 0 Å². The second-order valence-electron chi connectivity index (χ2n) is 5.82. The van der Waals surface area contributed by atoms with E-state index in [1.807, 2.05) is 36.9 Å². The summed E-state index contributed by atoms with van der Waals surface area (Å²) in [4.78, 5) is 0. The fourth-order valence-corrected chi connectivity index (χ4v) is 2.84. The Balaban J connectivity index is 1.80. The Morgan fingerprint density at radius 1 is 1.16 bits per heavy atom. The largest absolute Gasteiger partial charge is 0.493 e. The molecule has 0 aliphatic carbocycles. The first-order chi connectivity index (χ1) is 12.0. The van der Waals surface area contributed by atoms with E-state index in [2.05, 4.69) is 22.7 Å². The molecule has 0 spiro atoms. The van der Waals surface area contributed by atoms with Crippen molar-refractivity contribution in [3.8, 4) is 11.5 Å². The second-order valence-corrected chi connectivity index (χ2v) is 6.23. The third kappa shape index (κ3) is 4.85. The lowest BCUT2D eigenvalue weighted by molar-refractivity contribution is 0.354. The first-order valence-corrected chi connectivity index (χ1v) is 8.58. The molecule has 2 aromatic rings. The number of hydrogen-bond acceptors (Lipinski definition) is 4. The number of methoxy groups -OCH3 is 2. The van der Waals surface area contributed by atoms with Gasteiger partial charge in [-0.2, -0.15) is 5.10 Å². The Morgan fingerprint density at radius 3 is 2.48 bits per heavy atom. The molecule has 0 radical (unpaired) electrons. The van der Waals surface area contributed by atoms with Gasteiger partial charge in [-0.3, -0.25) is 4.68 Å². The second kappa shape index (κ2) is 8.71. The summed E-state index contributed by atoms with van der Waals surface area (Å²) < 4.78 is 12.5. The lowest BCUT2D eigenvalue weighted by Crippen LogP contribution is -2.36. The molecule has 0 atom stereocenters. The predicted molar refractivity (Wildman–Crippen MR) is 103 cm³/mol. The third-order valence-corrected chi connectivity index (χ3v) is 4.52. The minimum Gasteiger partial charge on any atom is -0.493 e. The molecule has 6 nitrogen and oxygen atoms in total. The zero-order valence-corrected chi connectivity index (χ0v) is 16.3. The van der Waals surface area contributed by atoms with Gasteiger partial charge < -0.3 is 20.1 Å². The molecule has 0 amide bonds. The number of benzene rings is 1. The van der Waals surface area contributed by atoms with E-state index in [9.17, 15) is 0 Å². The van der Waals surface area contributed by atoms with E-state index in [4.69, 9.17) is 21.7 Å². The molecule has 1 heterocycles. The van der Waals surface area contributed by atoms with Gasteiger partial charge in [-0.25, -0.2) is 0 Å². The van der Waals surface area contributed by atoms with Crippen LogP contribution in [0.3, 0.4) is 0 Å². The lowest BCUT2D eigenvalue weighted by Gasteiger charge is -2.12. The molecule has 1 aromatic carbocycles. The van der Waals surface area contributed by atoms with Crippen LogP contribution in [0.25, 0.3) is 0 Å². The van der Waals surface area contributed by atoms with Crippen LogP contribution in [0.4, 0.5) is 0 Å². The van der Waals surface area contributed by atoms with Crippen LogP contribution in [-0.2, 0) is 20.0 Å². The lowest BCUT2D eigenvalue weighted by atomic mass is 10.1. The molecule has 0 aliphatic rings. The number of thiocarbonyl (C=S) groups is 1. The molecule has 0 fully saturated rings. The normalized spacial score (nSPS) is 10.4. The van der Waals surface area contributed by atoms with Gasteiger partial charge in [-0.05, 0) is 50.2 Å². The van der Waals surface area contributed by atoms with Gasteiger partial charge in [0.25, 0.3) is 0 Å². The molecule has 0 aliphatic heterocycles. The highest BCUT2D eigenvalue weighted by Crippen LogP contribution is 2.27. The van der Waals surface area contributed by atoms with Crippen molar-refractivity contribution in [2.24, 2.45) is 7.05 Å². The smallest absolute Gasteiger partial charge is 0.166 e. The molecule has 2 N–H and O–H groups in total. The van der Waals surface area contributed by atoms with E-state index >= 15 is 0 Å². The Labute approximate surface area is 154 Å². The molecule has 25 heavy (non-hydrogen) atoms. The van der Waals surface area contributed by atoms with Gasteiger partial charge in [0.15, 0.2) is 16.6 Å². The van der Waals surface area contributed by atoms with E-state index in [1.54, 1.807) is 14.2 Å². The molecule has 0 saturated heterocycles. The Kier molecular flexibility index (Phi) is 6.64. The van der Waals surface area contributed by atoms with E-state index in [-0.39, 0.29) is 0 Å². The maximum absolute atomic E-state index is 5.36. The molecule has 7 heteroatoms. The number of nitrogens with one attached hydrogen (secondary N) is 2. The van der Waals surface area contributed by atoms with Gasteiger partial charge in [0, 0.05) is 31.4 Å². The summed E-state index contributed by atoms with van der Waals surface area (Å²) in [6.45, 7) is 5.49. The first-order valence-electron chi connectivity index (χ1n) is 8.18. The average Bonchev–Trinajstić information content (AvgIpc) is 2.85. The van der Waals surface area contributed by atoms with Crippen molar-refractivity contribution in [2.45, 2.75) is 26.8 Å². The standard InChI is InChI=1S/C18H26N4O2S/c1-12-15(13(2)22(3)21-12)11-20-18(25)19-9-8-14-6-7-16(23-4)17(10-14)24-5/h6-7,10H,8-9,11H2,1-5H3,(H2,19,20,25). The van der Waals surface area contributed by atoms with Gasteiger partial charge in [0.05, 0.1) is 19.9 Å². The quantitative estimate of drug-likeness (QED) is 0.737. The van der Waals surface area contributed by atoms with Crippen molar-refractivity contribution >= 4 is 17.3 Å². The van der Waals surface area contributed by atoms with E-state index in [0.717, 1.165) is 41.4 Å². The summed E-state index contributed by atoms with van der Waals surface area (Å²) in [6.07, 6.45) is 0.840. The number of aromatic nitrogens is 2. The molecule has 0 saturated carbocycles. The number of hydrogen-bond donors (Lipinski definition) is 2. The summed E-state index contributed by atoms with van der Waals surface area (Å²) in [5, 5.41) is 11.5. The van der Waals surface area contributed by atoms with Crippen LogP contribution < -0.4 is 20.1 Å². The summed E-state index contributed by atoms with van der Waals surface area (Å²) in [7, 11) is 5.22. The monoisotopic (exact) mass is 362 g/mol. The number of nitrogens with zero attached hydrogens (tertiary/aromatic N) is 2. The topological polar surface area (TPSA) is 60.3 Å². The van der Waals surface area contributed by atoms with E-state index in [0.29, 0.717) is 11.7 Å². The molecule has 0 unspecified atom stereocenters. The van der Waals surface area contributed by atoms with Gasteiger partial charge in [0.2, 0.25) is 0 Å².